The third-order valence-corrected chi connectivity index (χ3v) is 3.69. The van der Waals surface area contributed by atoms with Gasteiger partial charge >= 0.3 is 5.69 Å². The summed E-state index contributed by atoms with van der Waals surface area (Å²) in [6.07, 6.45) is 5.50. The molecule has 0 spiro atoms. The van der Waals surface area contributed by atoms with Gasteiger partial charge in [0.15, 0.2) is 17.0 Å². The highest BCUT2D eigenvalue weighted by Gasteiger charge is 2.14. The number of hydrogen-bond donors (Lipinski definition) is 1. The van der Waals surface area contributed by atoms with Gasteiger partial charge in [-0.2, -0.15) is 4.98 Å². The number of unbranched alkanes of at least 4 members (excludes halogenated alkanes) is 2. The smallest absolute Gasteiger partial charge is 0.329 e. The van der Waals surface area contributed by atoms with Gasteiger partial charge in [0.1, 0.15) is 0 Å². The van der Waals surface area contributed by atoms with E-state index in [0.29, 0.717) is 22.9 Å². The number of aromatic nitrogens is 6. The van der Waals surface area contributed by atoms with Crippen LogP contribution in [0.5, 0.6) is 0 Å². The first-order chi connectivity index (χ1) is 11.1. The summed E-state index contributed by atoms with van der Waals surface area (Å²) in [5, 5.41) is 3.93. The van der Waals surface area contributed by atoms with E-state index in [1.807, 2.05) is 0 Å². The van der Waals surface area contributed by atoms with Crippen molar-refractivity contribution in [2.75, 3.05) is 0 Å². The number of H-pyrrole nitrogens is 1. The number of nitrogens with one attached hydrogen (secondary N) is 1. The molecule has 0 saturated heterocycles. The molecule has 3 aromatic heterocycles. The zero-order valence-corrected chi connectivity index (χ0v) is 13.1. The third kappa shape index (κ3) is 2.94. The van der Waals surface area contributed by atoms with Crippen LogP contribution in [0.15, 0.2) is 20.4 Å². The molecular formula is C14H18N6O3. The Morgan fingerprint density at radius 3 is 2.91 bits per heavy atom. The first-order valence-corrected chi connectivity index (χ1v) is 7.55. The number of nitrogens with zero attached hydrogens (tertiary/aromatic N) is 5. The predicted octanol–water partition coefficient (Wildman–Crippen LogP) is 0.587. The molecule has 0 bridgehead atoms. The number of hydrogen-bond acceptors (Lipinski definition) is 6. The Morgan fingerprint density at radius 2 is 2.13 bits per heavy atom. The zero-order valence-electron chi connectivity index (χ0n) is 13.1. The third-order valence-electron chi connectivity index (χ3n) is 3.69. The normalized spacial score (nSPS) is 11.4. The molecule has 9 nitrogen and oxygen atoms in total. The van der Waals surface area contributed by atoms with Crippen LogP contribution in [-0.4, -0.2) is 29.2 Å². The Bertz CT molecular complexity index is 932. The van der Waals surface area contributed by atoms with E-state index in [9.17, 15) is 9.59 Å². The van der Waals surface area contributed by atoms with Crippen LogP contribution in [0.3, 0.4) is 0 Å². The van der Waals surface area contributed by atoms with Crippen molar-refractivity contribution in [3.63, 3.8) is 0 Å². The fourth-order valence-electron chi connectivity index (χ4n) is 2.44. The van der Waals surface area contributed by atoms with Crippen LogP contribution in [0.2, 0.25) is 0 Å². The molecule has 0 aliphatic rings. The van der Waals surface area contributed by atoms with E-state index in [1.54, 1.807) is 11.6 Å². The second kappa shape index (κ2) is 6.19. The highest BCUT2D eigenvalue weighted by molar-refractivity contribution is 5.69. The number of aryl methyl sites for hydroxylation is 2. The van der Waals surface area contributed by atoms with Crippen LogP contribution >= 0.6 is 0 Å². The lowest BCUT2D eigenvalue weighted by Crippen LogP contribution is -2.29. The molecule has 0 unspecified atom stereocenters. The van der Waals surface area contributed by atoms with Crippen molar-refractivity contribution in [2.45, 2.75) is 39.2 Å². The van der Waals surface area contributed by atoms with Crippen LogP contribution in [0.1, 0.15) is 37.9 Å². The minimum absolute atomic E-state index is 0.259. The minimum Gasteiger partial charge on any atom is -0.339 e. The van der Waals surface area contributed by atoms with Gasteiger partial charge in [0.05, 0.1) is 12.9 Å². The molecule has 0 aromatic carbocycles. The van der Waals surface area contributed by atoms with E-state index in [4.69, 9.17) is 4.52 Å². The Hall–Kier alpha value is -2.71. The fourth-order valence-corrected chi connectivity index (χ4v) is 2.44. The lowest BCUT2D eigenvalue weighted by molar-refractivity contribution is 0.368. The summed E-state index contributed by atoms with van der Waals surface area (Å²) in [6, 6.07) is 0. The standard InChI is InChI=1S/C14H18N6O3/c1-3-4-5-6-10-16-9(18-23-10)7-20-8-15-12-11(20)13(21)17-14(22)19(12)2/h8H,3-7H2,1-2H3,(H,17,21,22). The van der Waals surface area contributed by atoms with E-state index >= 15 is 0 Å². The quantitative estimate of drug-likeness (QED) is 0.666. The minimum atomic E-state index is -0.495. The maximum absolute atomic E-state index is 12.0. The van der Waals surface area contributed by atoms with Crippen molar-refractivity contribution in [2.24, 2.45) is 7.05 Å². The van der Waals surface area contributed by atoms with Crippen LogP contribution in [0, 0.1) is 0 Å². The highest BCUT2D eigenvalue weighted by Crippen LogP contribution is 2.09. The molecule has 0 amide bonds. The molecule has 1 N–H and O–H groups in total. The largest absolute Gasteiger partial charge is 0.339 e. The summed E-state index contributed by atoms with van der Waals surface area (Å²) >= 11 is 0. The second-order valence-electron chi connectivity index (χ2n) is 5.42. The van der Waals surface area contributed by atoms with Gasteiger partial charge < -0.3 is 9.09 Å². The van der Waals surface area contributed by atoms with Gasteiger partial charge in [0.2, 0.25) is 5.89 Å². The Kier molecular flexibility index (Phi) is 4.09. The summed E-state index contributed by atoms with van der Waals surface area (Å²) in [7, 11) is 1.55. The van der Waals surface area contributed by atoms with E-state index in [2.05, 4.69) is 27.0 Å². The average Bonchev–Trinajstić information content (AvgIpc) is 3.13. The molecule has 0 aliphatic carbocycles. The molecule has 0 saturated carbocycles. The van der Waals surface area contributed by atoms with E-state index in [1.165, 1.54) is 10.9 Å². The lowest BCUT2D eigenvalue weighted by Gasteiger charge is -2.00. The molecule has 0 fully saturated rings. The first-order valence-electron chi connectivity index (χ1n) is 7.55. The number of imidazole rings is 1. The average molecular weight is 318 g/mol. The summed E-state index contributed by atoms with van der Waals surface area (Å²) in [6.45, 7) is 2.39. The van der Waals surface area contributed by atoms with E-state index < -0.39 is 11.2 Å². The molecule has 3 rings (SSSR count). The molecule has 9 heteroatoms. The summed E-state index contributed by atoms with van der Waals surface area (Å²) in [4.78, 5) is 34.3. The summed E-state index contributed by atoms with van der Waals surface area (Å²) in [5.74, 6) is 1.07. The maximum atomic E-state index is 12.0. The topological polar surface area (TPSA) is 112 Å². The molecule has 3 aromatic rings. The van der Waals surface area contributed by atoms with Crippen LogP contribution in [-0.2, 0) is 20.0 Å². The van der Waals surface area contributed by atoms with Crippen molar-refractivity contribution in [1.29, 1.82) is 0 Å². The number of aromatic amines is 1. The fraction of sp³-hybridized carbons (Fsp3) is 0.500. The molecular weight excluding hydrogens is 300 g/mol. The molecule has 3 heterocycles. The van der Waals surface area contributed by atoms with Gasteiger partial charge in [0, 0.05) is 13.5 Å². The van der Waals surface area contributed by atoms with Crippen molar-refractivity contribution in [3.05, 3.63) is 38.9 Å². The summed E-state index contributed by atoms with van der Waals surface area (Å²) in [5.41, 5.74) is -0.340. The molecule has 122 valence electrons. The van der Waals surface area contributed by atoms with Crippen LogP contribution < -0.4 is 11.2 Å². The number of fused-ring (bicyclic) bond motifs is 1. The highest BCUT2D eigenvalue weighted by atomic mass is 16.5. The Morgan fingerprint density at radius 1 is 1.30 bits per heavy atom. The molecule has 0 atom stereocenters. The van der Waals surface area contributed by atoms with Gasteiger partial charge in [-0.05, 0) is 6.42 Å². The zero-order chi connectivity index (χ0) is 16.4. The number of rotatable bonds is 6. The SMILES string of the molecule is CCCCCc1nc(Cn2cnc3c2c(=O)[nH]c(=O)n3C)no1. The van der Waals surface area contributed by atoms with Gasteiger partial charge in [-0.1, -0.05) is 24.9 Å². The first kappa shape index (κ1) is 15.2. The van der Waals surface area contributed by atoms with Crippen molar-refractivity contribution in [1.82, 2.24) is 29.2 Å². The summed E-state index contributed by atoms with van der Waals surface area (Å²) < 4.78 is 8.11. The lowest BCUT2D eigenvalue weighted by atomic mass is 10.2. The van der Waals surface area contributed by atoms with E-state index in [-0.39, 0.29) is 6.54 Å². The second-order valence-corrected chi connectivity index (χ2v) is 5.42. The molecule has 0 aliphatic heterocycles. The van der Waals surface area contributed by atoms with Gasteiger partial charge in [-0.15, -0.1) is 0 Å². The van der Waals surface area contributed by atoms with Gasteiger partial charge in [-0.25, -0.2) is 9.78 Å². The van der Waals surface area contributed by atoms with Crippen molar-refractivity contribution >= 4 is 11.2 Å². The van der Waals surface area contributed by atoms with Crippen molar-refractivity contribution < 1.29 is 4.52 Å². The van der Waals surface area contributed by atoms with E-state index in [0.717, 1.165) is 25.7 Å². The predicted molar refractivity (Wildman–Crippen MR) is 82.2 cm³/mol. The monoisotopic (exact) mass is 318 g/mol. The van der Waals surface area contributed by atoms with Crippen LogP contribution in [0.25, 0.3) is 11.2 Å². The Labute approximate surface area is 131 Å². The van der Waals surface area contributed by atoms with Crippen LogP contribution in [0.4, 0.5) is 0 Å². The maximum Gasteiger partial charge on any atom is 0.329 e. The van der Waals surface area contributed by atoms with Gasteiger partial charge in [-0.3, -0.25) is 14.3 Å². The Balaban J connectivity index is 1.86. The molecule has 0 radical (unpaired) electrons. The van der Waals surface area contributed by atoms with Gasteiger partial charge in [0.25, 0.3) is 5.56 Å². The van der Waals surface area contributed by atoms with Crippen molar-refractivity contribution in [3.8, 4) is 0 Å². The molecule has 23 heavy (non-hydrogen) atoms.